The molecule has 630 valence electrons. The standard InChI is InChI=1S/2C16H17N.2C15H15N.C13H17NO2.C12H15NO2.C9H13N.C2H3N.C2H6.2CH3NO2/c2*1-2-7-14(8-3-1)13-17-12-6-10-15-9-4-5-11-16(15)17;2*1-2-6-13(7-3-1)12-16-11-10-14-8-4-5-9-15(14)16;1-2-16-13(15)10-14-9-5-7-11-6-3-4-8-12(11)14;1-2-15-12(14)9-13-8-7-10-5-3-4-6-11(10)13;1-3-10(2)9-7-5-4-6-8-9;1-2-3;1-2;2*1-2(3)4/h2*1-5,7-9,11H,6,10,12-13H2;2*1-9H,10-12H2;3-4,6,8H,2,5,7,9-10H2,1H3;3-6H,2,7-9H2,1H3;4-8H,3H2,1-2H3;1H3;1-2H3;2*1H3. The first-order chi connectivity index (χ1) is 58.6. The normalized spacial score (nSPS) is 12.8. The van der Waals surface area contributed by atoms with Gasteiger partial charge in [0.25, 0.3) is 0 Å². The average molecular weight is 1620 g/mol. The van der Waals surface area contributed by atoms with Gasteiger partial charge in [-0.25, -0.2) is 0 Å². The maximum Gasteiger partial charge on any atom is 0.325 e. The zero-order valence-electron chi connectivity index (χ0n) is 72.0. The molecule has 0 unspecified atom stereocenters. The summed E-state index contributed by atoms with van der Waals surface area (Å²) in [5.41, 5.74) is 23.5. The van der Waals surface area contributed by atoms with Crippen LogP contribution in [0.5, 0.6) is 0 Å². The van der Waals surface area contributed by atoms with Crippen molar-refractivity contribution in [2.24, 2.45) is 0 Å². The molecular formula is C102H124N10O8. The predicted molar refractivity (Wildman–Crippen MR) is 496 cm³/mol. The van der Waals surface area contributed by atoms with Gasteiger partial charge in [-0.3, -0.25) is 29.8 Å². The van der Waals surface area contributed by atoms with E-state index in [9.17, 15) is 9.59 Å². The number of ether oxygens (including phenoxy) is 2. The molecule has 6 aliphatic heterocycles. The summed E-state index contributed by atoms with van der Waals surface area (Å²) in [6.07, 6.45) is 10.6. The molecule has 0 amide bonds. The van der Waals surface area contributed by atoms with E-state index in [1.165, 1.54) is 154 Å². The lowest BCUT2D eigenvalue weighted by Gasteiger charge is -2.31. The maximum atomic E-state index is 11.5. The summed E-state index contributed by atoms with van der Waals surface area (Å²) in [6, 6.07) is 106. The second-order valence-electron chi connectivity index (χ2n) is 28.9. The Balaban J connectivity index is 0.000000189. The average Bonchev–Trinajstić information content (AvgIpc) is 1.85. The zero-order valence-corrected chi connectivity index (χ0v) is 72.0. The van der Waals surface area contributed by atoms with Gasteiger partial charge in [-0.2, -0.15) is 5.26 Å². The van der Waals surface area contributed by atoms with Crippen LogP contribution in [0.15, 0.2) is 297 Å². The number of hydrogen-bond acceptors (Lipinski definition) is 16. The number of benzene rings is 11. The zero-order chi connectivity index (χ0) is 85.9. The Morgan fingerprint density at radius 1 is 0.350 bits per heavy atom. The number of esters is 2. The van der Waals surface area contributed by atoms with Crippen molar-refractivity contribution in [1.29, 1.82) is 5.26 Å². The highest BCUT2D eigenvalue weighted by Crippen LogP contribution is 2.34. The number of hydrogen-bond donors (Lipinski definition) is 0. The largest absolute Gasteiger partial charge is 0.465 e. The minimum Gasteiger partial charge on any atom is -0.465 e. The lowest BCUT2D eigenvalue weighted by atomic mass is 10.0. The van der Waals surface area contributed by atoms with E-state index in [1.807, 2.05) is 58.0 Å². The van der Waals surface area contributed by atoms with Gasteiger partial charge in [-0.15, -0.1) is 0 Å². The van der Waals surface area contributed by atoms with Crippen LogP contribution >= 0.6 is 0 Å². The summed E-state index contributed by atoms with van der Waals surface area (Å²) in [6.45, 7) is 24.5. The molecule has 0 saturated heterocycles. The van der Waals surface area contributed by atoms with Gasteiger partial charge in [-0.1, -0.05) is 263 Å². The predicted octanol–water partition coefficient (Wildman–Crippen LogP) is 20.9. The van der Waals surface area contributed by atoms with Crippen molar-refractivity contribution in [3.8, 4) is 6.07 Å². The number of nitro groups is 2. The Bertz CT molecular complexity index is 4580. The third-order valence-corrected chi connectivity index (χ3v) is 20.4. The molecule has 0 atom stereocenters. The number of aryl methyl sites for hydroxylation is 3. The van der Waals surface area contributed by atoms with E-state index < -0.39 is 9.85 Å². The second kappa shape index (κ2) is 54.3. The van der Waals surface area contributed by atoms with Crippen LogP contribution in [0.2, 0.25) is 0 Å². The summed E-state index contributed by atoms with van der Waals surface area (Å²) in [5.74, 6) is -0.284. The van der Waals surface area contributed by atoms with E-state index in [0.29, 0.717) is 26.3 Å². The van der Waals surface area contributed by atoms with Gasteiger partial charge in [0.1, 0.15) is 13.1 Å². The van der Waals surface area contributed by atoms with Crippen LogP contribution in [0.1, 0.15) is 116 Å². The molecule has 11 aromatic carbocycles. The van der Waals surface area contributed by atoms with E-state index in [2.05, 4.69) is 315 Å². The number of anilines is 7. The molecule has 0 aliphatic carbocycles. The Kier molecular flexibility index (Phi) is 42.7. The van der Waals surface area contributed by atoms with Crippen LogP contribution in [0.3, 0.4) is 0 Å². The van der Waals surface area contributed by atoms with Gasteiger partial charge in [-0.05, 0) is 183 Å². The minimum atomic E-state index is -0.500. The Morgan fingerprint density at radius 3 is 0.808 bits per heavy atom. The van der Waals surface area contributed by atoms with E-state index in [4.69, 9.17) is 35.0 Å². The highest BCUT2D eigenvalue weighted by Gasteiger charge is 2.24. The molecule has 0 radical (unpaired) electrons. The minimum absolute atomic E-state index is 0.140. The number of nitrogens with zero attached hydrogens (tertiary/aromatic N) is 10. The number of fused-ring (bicyclic) bond motifs is 6. The molecule has 0 bridgehead atoms. The monoisotopic (exact) mass is 1620 g/mol. The first kappa shape index (κ1) is 94.4. The molecule has 6 heterocycles. The molecule has 11 aromatic rings. The Morgan fingerprint density at radius 2 is 0.550 bits per heavy atom. The second-order valence-corrected chi connectivity index (χ2v) is 28.9. The van der Waals surface area contributed by atoms with Gasteiger partial charge in [0.15, 0.2) is 14.1 Å². The van der Waals surface area contributed by atoms with Crippen LogP contribution in [0, 0.1) is 31.6 Å². The quantitative estimate of drug-likeness (QED) is 0.0505. The molecule has 0 saturated carbocycles. The van der Waals surface area contributed by atoms with Gasteiger partial charge in [0.2, 0.25) is 0 Å². The fourth-order valence-electron chi connectivity index (χ4n) is 14.8. The lowest BCUT2D eigenvalue weighted by Crippen LogP contribution is -2.35. The van der Waals surface area contributed by atoms with Crippen molar-refractivity contribution in [3.05, 3.63) is 373 Å². The SMILES string of the molecule is CC.CC#N.CCN(C)c1ccccc1.CCOC(=O)CN1CCCc2ccccc21.CCOC(=O)CN1CCc2ccccc21.C[N+](=O)[O-].C[N+](=O)[O-].c1ccc(CN2CCCc3ccccc32)cc1.c1ccc(CN2CCCc3ccccc32)cc1.c1ccc(CN2CCc3ccccc32)cc1.c1ccc(CN2CCc3ccccc32)cc1. The molecule has 17 rings (SSSR count). The molecule has 120 heavy (non-hydrogen) atoms. The van der Waals surface area contributed by atoms with Crippen LogP contribution in [0.4, 0.5) is 39.8 Å². The fraction of sp³-hybridized carbons (Fsp3) is 0.324. The van der Waals surface area contributed by atoms with Crippen LogP contribution in [0.25, 0.3) is 0 Å². The smallest absolute Gasteiger partial charge is 0.325 e. The maximum absolute atomic E-state index is 11.5. The molecule has 18 heteroatoms. The Labute approximate surface area is 714 Å². The third kappa shape index (κ3) is 33.0. The summed E-state index contributed by atoms with van der Waals surface area (Å²) >= 11 is 0. The molecule has 0 spiro atoms. The number of para-hydroxylation sites is 7. The molecule has 0 aromatic heterocycles. The third-order valence-electron chi connectivity index (χ3n) is 20.4. The first-order valence-electron chi connectivity index (χ1n) is 42.2. The lowest BCUT2D eigenvalue weighted by molar-refractivity contribution is -0.445. The fourth-order valence-corrected chi connectivity index (χ4v) is 14.8. The summed E-state index contributed by atoms with van der Waals surface area (Å²) < 4.78 is 9.92. The van der Waals surface area contributed by atoms with Gasteiger partial charge >= 0.3 is 11.9 Å². The molecule has 6 aliphatic rings. The molecule has 18 nitrogen and oxygen atoms in total. The van der Waals surface area contributed by atoms with Crippen molar-refractivity contribution >= 4 is 51.8 Å². The number of nitriles is 1. The summed E-state index contributed by atoms with van der Waals surface area (Å²) in [4.78, 5) is 55.7. The van der Waals surface area contributed by atoms with E-state index in [-0.39, 0.29) is 11.9 Å². The van der Waals surface area contributed by atoms with Gasteiger partial charge < -0.3 is 43.8 Å². The van der Waals surface area contributed by atoms with Crippen LogP contribution < -0.4 is 34.3 Å². The van der Waals surface area contributed by atoms with Crippen LogP contribution in [-0.2, 0) is 83.8 Å². The van der Waals surface area contributed by atoms with E-state index in [1.54, 1.807) is 6.07 Å². The number of carbonyl (C=O) groups is 2. The van der Waals surface area contributed by atoms with Crippen molar-refractivity contribution < 1.29 is 28.9 Å². The van der Waals surface area contributed by atoms with E-state index >= 15 is 0 Å². The summed E-state index contributed by atoms with van der Waals surface area (Å²) in [7, 11) is 3.87. The van der Waals surface area contributed by atoms with Crippen molar-refractivity contribution in [3.63, 3.8) is 0 Å². The van der Waals surface area contributed by atoms with E-state index in [0.717, 1.165) is 92.3 Å². The van der Waals surface area contributed by atoms with Crippen LogP contribution in [-0.4, -0.2) is 115 Å². The molecule has 0 fully saturated rings. The first-order valence-corrected chi connectivity index (χ1v) is 42.2. The number of carbonyl (C=O) groups excluding carboxylic acids is 2. The van der Waals surface area contributed by atoms with Gasteiger partial charge in [0, 0.05) is 136 Å². The molecule has 0 N–H and O–H groups in total. The highest BCUT2D eigenvalue weighted by atomic mass is 16.6. The van der Waals surface area contributed by atoms with Crippen molar-refractivity contribution in [2.75, 3.05) is 128 Å². The number of rotatable bonds is 16. The summed E-state index contributed by atoms with van der Waals surface area (Å²) in [5, 5.41) is 24.9. The van der Waals surface area contributed by atoms with Gasteiger partial charge in [0.05, 0.1) is 19.3 Å². The topological polar surface area (TPSA) is 185 Å². The highest BCUT2D eigenvalue weighted by molar-refractivity contribution is 5.78. The van der Waals surface area contributed by atoms with Crippen molar-refractivity contribution in [2.45, 2.75) is 126 Å². The molecular weight excluding hydrogens is 1490 g/mol. The van der Waals surface area contributed by atoms with Crippen molar-refractivity contribution in [1.82, 2.24) is 0 Å². The Hall–Kier alpha value is -12.8.